The predicted molar refractivity (Wildman–Crippen MR) is 95.2 cm³/mol. The van der Waals surface area contributed by atoms with Gasteiger partial charge in [0.05, 0.1) is 17.5 Å². The molecule has 124 valence electrons. The van der Waals surface area contributed by atoms with Crippen LogP contribution >= 0.6 is 11.8 Å². The Labute approximate surface area is 144 Å². The summed E-state index contributed by atoms with van der Waals surface area (Å²) in [6, 6.07) is 14.3. The molecule has 0 saturated carbocycles. The van der Waals surface area contributed by atoms with Gasteiger partial charge >= 0.3 is 0 Å². The molecule has 0 aromatic heterocycles. The summed E-state index contributed by atoms with van der Waals surface area (Å²) in [5.74, 6) is 0.344. The van der Waals surface area contributed by atoms with Crippen LogP contribution < -0.4 is 15.4 Å². The molecule has 0 aliphatic carbocycles. The lowest BCUT2D eigenvalue weighted by Gasteiger charge is -2.15. The van der Waals surface area contributed by atoms with Crippen LogP contribution in [-0.4, -0.2) is 23.7 Å². The molecule has 2 N–H and O–H groups in total. The van der Waals surface area contributed by atoms with Crippen molar-refractivity contribution in [3.63, 3.8) is 0 Å². The zero-order valence-corrected chi connectivity index (χ0v) is 14.1. The molecule has 1 atom stereocenters. The summed E-state index contributed by atoms with van der Waals surface area (Å²) in [6.45, 7) is 2.47. The Morgan fingerprint density at radius 2 is 1.79 bits per heavy atom. The molecular weight excluding hydrogens is 324 g/mol. The number of thioether (sulfide) groups is 1. The first-order chi connectivity index (χ1) is 11.6. The average Bonchev–Trinajstić information content (AvgIpc) is 2.85. The topological polar surface area (TPSA) is 72.6 Å². The Bertz CT molecular complexity index is 744. The quantitative estimate of drug-likeness (QED) is 0.668. The lowest BCUT2D eigenvalue weighted by molar-refractivity contribution is -0.121. The van der Waals surface area contributed by atoms with Gasteiger partial charge in [0.25, 0.3) is 0 Å². The van der Waals surface area contributed by atoms with E-state index in [0.717, 1.165) is 4.90 Å². The molecule has 1 aliphatic rings. The number of nitrogen functional groups attached to an aromatic ring is 1. The Hall–Kier alpha value is -2.47. The standard InChI is InChI=1S/C18H18N2O3S/c1-2-23-14-7-5-13(6-8-14)20-17(21)11-16(18(20)22)24-15-9-3-12(19)4-10-15/h3-10,16H,2,11,19H2,1H3/t16-/m0/s1. The van der Waals surface area contributed by atoms with E-state index in [9.17, 15) is 9.59 Å². The first-order valence-corrected chi connectivity index (χ1v) is 8.58. The van der Waals surface area contributed by atoms with Gasteiger partial charge in [0.15, 0.2) is 0 Å². The van der Waals surface area contributed by atoms with Crippen molar-refractivity contribution in [2.24, 2.45) is 0 Å². The third-order valence-corrected chi connectivity index (χ3v) is 4.87. The van der Waals surface area contributed by atoms with E-state index in [1.165, 1.54) is 16.7 Å². The van der Waals surface area contributed by atoms with Crippen LogP contribution in [0.2, 0.25) is 0 Å². The predicted octanol–water partition coefficient (Wildman–Crippen LogP) is 3.09. The number of anilines is 2. The highest BCUT2D eigenvalue weighted by Gasteiger charge is 2.40. The molecule has 0 unspecified atom stereocenters. The van der Waals surface area contributed by atoms with E-state index in [4.69, 9.17) is 10.5 Å². The highest BCUT2D eigenvalue weighted by Crippen LogP contribution is 2.34. The largest absolute Gasteiger partial charge is 0.494 e. The zero-order chi connectivity index (χ0) is 17.1. The number of nitrogens with zero attached hydrogens (tertiary/aromatic N) is 1. The molecule has 1 heterocycles. The Kier molecular flexibility index (Phi) is 4.76. The maximum atomic E-state index is 12.6. The summed E-state index contributed by atoms with van der Waals surface area (Å²) >= 11 is 1.39. The minimum Gasteiger partial charge on any atom is -0.494 e. The second-order valence-electron chi connectivity index (χ2n) is 5.37. The molecule has 2 aromatic rings. The van der Waals surface area contributed by atoms with Crippen LogP contribution in [0.1, 0.15) is 13.3 Å². The van der Waals surface area contributed by atoms with E-state index in [2.05, 4.69) is 0 Å². The fraction of sp³-hybridized carbons (Fsp3) is 0.222. The van der Waals surface area contributed by atoms with Crippen molar-refractivity contribution in [2.75, 3.05) is 17.2 Å². The molecule has 0 bridgehead atoms. The minimum atomic E-state index is -0.410. The molecule has 1 saturated heterocycles. The summed E-state index contributed by atoms with van der Waals surface area (Å²) in [6.07, 6.45) is 0.196. The van der Waals surface area contributed by atoms with Crippen LogP contribution in [0.25, 0.3) is 0 Å². The number of benzene rings is 2. The van der Waals surface area contributed by atoms with Crippen LogP contribution in [0.4, 0.5) is 11.4 Å². The molecule has 0 radical (unpaired) electrons. The number of hydrogen-bond donors (Lipinski definition) is 1. The van der Waals surface area contributed by atoms with Gasteiger partial charge in [0, 0.05) is 17.0 Å². The number of ether oxygens (including phenoxy) is 1. The van der Waals surface area contributed by atoms with E-state index in [1.807, 2.05) is 19.1 Å². The average molecular weight is 342 g/mol. The number of rotatable bonds is 5. The van der Waals surface area contributed by atoms with Crippen molar-refractivity contribution in [3.05, 3.63) is 48.5 Å². The molecule has 2 amide bonds. The Morgan fingerprint density at radius 3 is 2.42 bits per heavy atom. The summed E-state index contributed by atoms with van der Waals surface area (Å²) in [4.78, 5) is 27.1. The summed E-state index contributed by atoms with van der Waals surface area (Å²) in [5.41, 5.74) is 6.92. The third kappa shape index (κ3) is 3.38. The van der Waals surface area contributed by atoms with E-state index in [-0.39, 0.29) is 18.2 Å². The lowest BCUT2D eigenvalue weighted by Crippen LogP contribution is -2.31. The van der Waals surface area contributed by atoms with Crippen LogP contribution in [0.15, 0.2) is 53.4 Å². The summed E-state index contributed by atoms with van der Waals surface area (Å²) in [7, 11) is 0. The molecule has 2 aromatic carbocycles. The van der Waals surface area contributed by atoms with Gasteiger partial charge < -0.3 is 10.5 Å². The van der Waals surface area contributed by atoms with Crippen LogP contribution in [-0.2, 0) is 9.59 Å². The lowest BCUT2D eigenvalue weighted by atomic mass is 10.3. The first kappa shape index (κ1) is 16.4. The number of imide groups is 1. The smallest absolute Gasteiger partial charge is 0.247 e. The second-order valence-corrected chi connectivity index (χ2v) is 6.65. The van der Waals surface area contributed by atoms with E-state index < -0.39 is 5.25 Å². The van der Waals surface area contributed by atoms with Gasteiger partial charge in [-0.05, 0) is 55.5 Å². The number of carbonyl (C=O) groups is 2. The number of amides is 2. The Morgan fingerprint density at radius 1 is 1.12 bits per heavy atom. The second kappa shape index (κ2) is 6.97. The molecular formula is C18H18N2O3S. The summed E-state index contributed by atoms with van der Waals surface area (Å²) < 4.78 is 5.38. The highest BCUT2D eigenvalue weighted by molar-refractivity contribution is 8.00. The van der Waals surface area contributed by atoms with Gasteiger partial charge in [-0.3, -0.25) is 9.59 Å². The van der Waals surface area contributed by atoms with E-state index >= 15 is 0 Å². The van der Waals surface area contributed by atoms with Gasteiger partial charge in [0.1, 0.15) is 5.75 Å². The van der Waals surface area contributed by atoms with Gasteiger partial charge in [-0.2, -0.15) is 0 Å². The molecule has 24 heavy (non-hydrogen) atoms. The Balaban J connectivity index is 1.74. The fourth-order valence-corrected chi connectivity index (χ4v) is 3.59. The number of carbonyl (C=O) groups excluding carboxylic acids is 2. The molecule has 5 nitrogen and oxygen atoms in total. The van der Waals surface area contributed by atoms with Crippen molar-refractivity contribution in [1.29, 1.82) is 0 Å². The maximum Gasteiger partial charge on any atom is 0.247 e. The number of hydrogen-bond acceptors (Lipinski definition) is 5. The van der Waals surface area contributed by atoms with Crippen molar-refractivity contribution in [1.82, 2.24) is 0 Å². The van der Waals surface area contributed by atoms with Gasteiger partial charge in [-0.1, -0.05) is 0 Å². The minimum absolute atomic E-state index is 0.183. The van der Waals surface area contributed by atoms with E-state index in [0.29, 0.717) is 23.7 Å². The highest BCUT2D eigenvalue weighted by atomic mass is 32.2. The number of nitrogens with two attached hydrogens (primary N) is 1. The van der Waals surface area contributed by atoms with Crippen LogP contribution in [0, 0.1) is 0 Å². The van der Waals surface area contributed by atoms with Crippen molar-refractivity contribution in [3.8, 4) is 5.75 Å². The monoisotopic (exact) mass is 342 g/mol. The third-order valence-electron chi connectivity index (χ3n) is 3.67. The van der Waals surface area contributed by atoms with Crippen molar-refractivity contribution >= 4 is 35.0 Å². The molecule has 3 rings (SSSR count). The van der Waals surface area contributed by atoms with Gasteiger partial charge in [-0.25, -0.2) is 4.90 Å². The van der Waals surface area contributed by atoms with Crippen LogP contribution in [0.5, 0.6) is 5.75 Å². The van der Waals surface area contributed by atoms with Crippen LogP contribution in [0.3, 0.4) is 0 Å². The maximum absolute atomic E-state index is 12.6. The molecule has 1 fully saturated rings. The van der Waals surface area contributed by atoms with Gasteiger partial charge in [-0.15, -0.1) is 11.8 Å². The molecule has 1 aliphatic heterocycles. The van der Waals surface area contributed by atoms with E-state index in [1.54, 1.807) is 36.4 Å². The van der Waals surface area contributed by atoms with Crippen molar-refractivity contribution in [2.45, 2.75) is 23.5 Å². The zero-order valence-electron chi connectivity index (χ0n) is 13.3. The van der Waals surface area contributed by atoms with Gasteiger partial charge in [0.2, 0.25) is 11.8 Å². The molecule has 0 spiro atoms. The first-order valence-electron chi connectivity index (χ1n) is 7.70. The fourth-order valence-electron chi connectivity index (χ4n) is 2.54. The van der Waals surface area contributed by atoms with Crippen molar-refractivity contribution < 1.29 is 14.3 Å². The normalized spacial score (nSPS) is 17.4. The summed E-state index contributed by atoms with van der Waals surface area (Å²) in [5, 5.41) is -0.410. The SMILES string of the molecule is CCOc1ccc(N2C(=O)C[C@H](Sc3ccc(N)cc3)C2=O)cc1. The molecule has 6 heteroatoms.